The van der Waals surface area contributed by atoms with Gasteiger partial charge in [-0.1, -0.05) is 0 Å². The number of nitrogens with zero attached hydrogens (tertiary/aromatic N) is 3. The highest BCUT2D eigenvalue weighted by atomic mass is 16.4. The Morgan fingerprint density at radius 3 is 2.38 bits per heavy atom. The highest BCUT2D eigenvalue weighted by Gasteiger charge is 2.38. The molecule has 1 saturated heterocycles. The van der Waals surface area contributed by atoms with Crippen LogP contribution in [0.2, 0.25) is 0 Å². The molecule has 0 radical (unpaired) electrons. The van der Waals surface area contributed by atoms with Crippen LogP contribution in [-0.4, -0.2) is 34.1 Å². The van der Waals surface area contributed by atoms with E-state index in [0.717, 1.165) is 31.9 Å². The van der Waals surface area contributed by atoms with E-state index in [4.69, 9.17) is 5.11 Å². The van der Waals surface area contributed by atoms with Crippen molar-refractivity contribution < 1.29 is 9.90 Å². The van der Waals surface area contributed by atoms with Crippen LogP contribution in [0.15, 0.2) is 18.5 Å². The van der Waals surface area contributed by atoms with Gasteiger partial charge in [0, 0.05) is 31.9 Å². The molecule has 1 aliphatic carbocycles. The van der Waals surface area contributed by atoms with Gasteiger partial charge >= 0.3 is 5.97 Å². The number of aliphatic carboxylic acids is 1. The Hall–Kier alpha value is -1.65. The molecule has 2 heterocycles. The Morgan fingerprint density at radius 2 is 1.81 bits per heavy atom. The van der Waals surface area contributed by atoms with Crippen LogP contribution in [0.5, 0.6) is 0 Å². The fraction of sp³-hybridized carbons (Fsp3) is 0.688. The van der Waals surface area contributed by atoms with Gasteiger partial charge in [0.25, 0.3) is 0 Å². The first kappa shape index (κ1) is 14.3. The van der Waals surface area contributed by atoms with E-state index in [0.29, 0.717) is 17.8 Å². The van der Waals surface area contributed by atoms with Crippen LogP contribution in [-0.2, 0) is 4.79 Å². The normalized spacial score (nSPS) is 22.4. The monoisotopic (exact) mass is 289 g/mol. The third-order valence-electron chi connectivity index (χ3n) is 5.29. The number of hydrogen-bond donors (Lipinski definition) is 1. The molecule has 1 aliphatic heterocycles. The van der Waals surface area contributed by atoms with Crippen molar-refractivity contribution >= 4 is 11.9 Å². The van der Waals surface area contributed by atoms with Crippen LogP contribution in [0.1, 0.15) is 44.9 Å². The first-order valence-corrected chi connectivity index (χ1v) is 7.91. The highest BCUT2D eigenvalue weighted by Crippen LogP contribution is 2.47. The Bertz CT molecular complexity index is 474. The number of carboxylic acid groups (broad SMARTS) is 1. The first-order chi connectivity index (χ1) is 10.2. The van der Waals surface area contributed by atoms with Gasteiger partial charge < -0.3 is 10.0 Å². The van der Waals surface area contributed by atoms with Crippen LogP contribution in [0.25, 0.3) is 0 Å². The summed E-state index contributed by atoms with van der Waals surface area (Å²) in [6.07, 6.45) is 10.8. The standard InChI is InChI=1S/C16H23N3O2/c20-14(21)12-13-2-4-16(5-3-13)6-10-19(11-7-16)15-17-8-1-9-18-15/h1,8-9,13H,2-7,10-12H2,(H,20,21). The minimum absolute atomic E-state index is 0.347. The second kappa shape index (κ2) is 6.00. The number of carboxylic acids is 1. The van der Waals surface area contributed by atoms with Crippen LogP contribution >= 0.6 is 0 Å². The molecule has 1 saturated carbocycles. The number of rotatable bonds is 3. The van der Waals surface area contributed by atoms with Crippen molar-refractivity contribution in [2.45, 2.75) is 44.9 Å². The van der Waals surface area contributed by atoms with E-state index in [1.54, 1.807) is 12.4 Å². The van der Waals surface area contributed by atoms with E-state index in [-0.39, 0.29) is 0 Å². The molecule has 1 N–H and O–H groups in total. The van der Waals surface area contributed by atoms with Crippen molar-refractivity contribution in [2.24, 2.45) is 11.3 Å². The van der Waals surface area contributed by atoms with Gasteiger partial charge in [0.05, 0.1) is 0 Å². The Balaban J connectivity index is 1.53. The predicted octanol–water partition coefficient (Wildman–Crippen LogP) is 2.73. The van der Waals surface area contributed by atoms with Gasteiger partial charge in [-0.15, -0.1) is 0 Å². The fourth-order valence-corrected chi connectivity index (χ4v) is 3.88. The van der Waals surface area contributed by atoms with Crippen LogP contribution < -0.4 is 4.90 Å². The molecule has 5 heteroatoms. The number of anilines is 1. The molecule has 0 aromatic carbocycles. The van der Waals surface area contributed by atoms with Crippen molar-refractivity contribution in [1.82, 2.24) is 9.97 Å². The third-order valence-corrected chi connectivity index (χ3v) is 5.29. The van der Waals surface area contributed by atoms with Crippen LogP contribution in [0.4, 0.5) is 5.95 Å². The van der Waals surface area contributed by atoms with Crippen molar-refractivity contribution in [2.75, 3.05) is 18.0 Å². The van der Waals surface area contributed by atoms with Crippen LogP contribution in [0.3, 0.4) is 0 Å². The molecular weight excluding hydrogens is 266 g/mol. The summed E-state index contributed by atoms with van der Waals surface area (Å²) in [5.41, 5.74) is 0.445. The van der Waals surface area contributed by atoms with E-state index < -0.39 is 5.97 Å². The topological polar surface area (TPSA) is 66.3 Å². The van der Waals surface area contributed by atoms with Crippen LogP contribution in [0, 0.1) is 11.3 Å². The molecule has 0 amide bonds. The minimum atomic E-state index is -0.646. The lowest BCUT2D eigenvalue weighted by Gasteiger charge is -2.45. The molecule has 21 heavy (non-hydrogen) atoms. The zero-order valence-corrected chi connectivity index (χ0v) is 12.4. The summed E-state index contributed by atoms with van der Waals surface area (Å²) in [7, 11) is 0. The SMILES string of the molecule is O=C(O)CC1CCC2(CC1)CCN(c1ncccn1)CC2. The molecule has 0 atom stereocenters. The lowest BCUT2D eigenvalue weighted by Crippen LogP contribution is -2.42. The zero-order valence-electron chi connectivity index (χ0n) is 12.4. The summed E-state index contributed by atoms with van der Waals surface area (Å²) in [5, 5.41) is 8.91. The lowest BCUT2D eigenvalue weighted by atomic mass is 9.65. The van der Waals surface area contributed by atoms with E-state index in [1.807, 2.05) is 6.07 Å². The molecule has 2 aliphatic rings. The van der Waals surface area contributed by atoms with Gasteiger partial charge in [0.15, 0.2) is 0 Å². The second-order valence-corrected chi connectivity index (χ2v) is 6.58. The number of hydrogen-bond acceptors (Lipinski definition) is 4. The average molecular weight is 289 g/mol. The average Bonchev–Trinajstić information content (AvgIpc) is 2.51. The Labute approximate surface area is 125 Å². The summed E-state index contributed by atoms with van der Waals surface area (Å²) < 4.78 is 0. The Kier molecular flexibility index (Phi) is 4.08. The van der Waals surface area contributed by atoms with E-state index in [1.165, 1.54) is 25.7 Å². The van der Waals surface area contributed by atoms with Gasteiger partial charge in [-0.3, -0.25) is 4.79 Å². The molecule has 0 bridgehead atoms. The molecule has 2 fully saturated rings. The molecule has 1 aromatic rings. The summed E-state index contributed by atoms with van der Waals surface area (Å²) >= 11 is 0. The number of piperidine rings is 1. The van der Waals surface area contributed by atoms with Crippen molar-refractivity contribution in [3.8, 4) is 0 Å². The zero-order chi connectivity index (χ0) is 14.7. The van der Waals surface area contributed by atoms with Crippen molar-refractivity contribution in [3.05, 3.63) is 18.5 Å². The van der Waals surface area contributed by atoms with Gasteiger partial charge in [-0.2, -0.15) is 0 Å². The van der Waals surface area contributed by atoms with Gasteiger partial charge in [0.1, 0.15) is 0 Å². The quantitative estimate of drug-likeness (QED) is 0.926. The maximum Gasteiger partial charge on any atom is 0.303 e. The molecule has 114 valence electrons. The summed E-state index contributed by atoms with van der Waals surface area (Å²) in [6, 6.07) is 1.85. The molecule has 1 aromatic heterocycles. The fourth-order valence-electron chi connectivity index (χ4n) is 3.88. The molecule has 5 nitrogen and oxygen atoms in total. The summed E-state index contributed by atoms with van der Waals surface area (Å²) in [4.78, 5) is 21.7. The van der Waals surface area contributed by atoms with Gasteiger partial charge in [-0.25, -0.2) is 9.97 Å². The smallest absolute Gasteiger partial charge is 0.303 e. The number of carbonyl (C=O) groups is 1. The maximum absolute atomic E-state index is 10.8. The number of aromatic nitrogens is 2. The second-order valence-electron chi connectivity index (χ2n) is 6.58. The van der Waals surface area contributed by atoms with Gasteiger partial charge in [0.2, 0.25) is 5.95 Å². The minimum Gasteiger partial charge on any atom is -0.481 e. The Morgan fingerprint density at radius 1 is 1.19 bits per heavy atom. The van der Waals surface area contributed by atoms with E-state index >= 15 is 0 Å². The predicted molar refractivity (Wildman–Crippen MR) is 80.1 cm³/mol. The van der Waals surface area contributed by atoms with Crippen molar-refractivity contribution in [1.29, 1.82) is 0 Å². The molecule has 1 spiro atoms. The van der Waals surface area contributed by atoms with Gasteiger partial charge in [-0.05, 0) is 55.9 Å². The molecule has 0 unspecified atom stereocenters. The maximum atomic E-state index is 10.8. The molecule has 3 rings (SSSR count). The highest BCUT2D eigenvalue weighted by molar-refractivity contribution is 5.67. The largest absolute Gasteiger partial charge is 0.481 e. The first-order valence-electron chi connectivity index (χ1n) is 7.91. The van der Waals surface area contributed by atoms with E-state index in [9.17, 15) is 4.79 Å². The lowest BCUT2D eigenvalue weighted by molar-refractivity contribution is -0.138. The summed E-state index contributed by atoms with van der Waals surface area (Å²) in [5.74, 6) is 0.586. The molecular formula is C16H23N3O2. The van der Waals surface area contributed by atoms with E-state index in [2.05, 4.69) is 14.9 Å². The summed E-state index contributed by atoms with van der Waals surface area (Å²) in [6.45, 7) is 2.04. The van der Waals surface area contributed by atoms with Crippen molar-refractivity contribution in [3.63, 3.8) is 0 Å². The third kappa shape index (κ3) is 3.34.